The number of amides is 1. The van der Waals surface area contributed by atoms with E-state index in [0.29, 0.717) is 10.9 Å². The molecule has 0 saturated heterocycles. The minimum absolute atomic E-state index is 0.0805. The fourth-order valence-electron chi connectivity index (χ4n) is 2.71. The van der Waals surface area contributed by atoms with E-state index in [1.54, 1.807) is 11.6 Å². The Kier molecular flexibility index (Phi) is 3.25. The van der Waals surface area contributed by atoms with Crippen LogP contribution >= 0.6 is 0 Å². The number of rotatable bonds is 3. The van der Waals surface area contributed by atoms with Crippen molar-refractivity contribution in [1.82, 2.24) is 25.2 Å². The summed E-state index contributed by atoms with van der Waals surface area (Å²) in [6.07, 6.45) is 0. The highest BCUT2D eigenvalue weighted by atomic mass is 16.6. The quantitative estimate of drug-likeness (QED) is 0.405. The normalized spacial score (nSPS) is 11.1. The summed E-state index contributed by atoms with van der Waals surface area (Å²) in [7, 11) is 1.63. The van der Waals surface area contributed by atoms with Crippen molar-refractivity contribution in [3.05, 3.63) is 50.4 Å². The number of carbonyl (C=O) groups excluding carboxylic acids is 1. The summed E-state index contributed by atoms with van der Waals surface area (Å²) in [6, 6.07) is 5.17. The first-order valence-corrected chi connectivity index (χ1v) is 7.21. The summed E-state index contributed by atoms with van der Waals surface area (Å²) in [5.41, 5.74) is 0.205. The molecule has 0 unspecified atom stereocenters. The first-order chi connectivity index (χ1) is 12.5. The fraction of sp³-hybridized carbons (Fsp3) is 0.0714. The topological polar surface area (TPSA) is 162 Å². The maximum absolute atomic E-state index is 12.5. The van der Waals surface area contributed by atoms with Gasteiger partial charge in [0.05, 0.1) is 15.8 Å². The van der Waals surface area contributed by atoms with Crippen molar-refractivity contribution in [2.24, 2.45) is 7.05 Å². The molecule has 3 aromatic heterocycles. The molecule has 12 nitrogen and oxygen atoms in total. The zero-order valence-electron chi connectivity index (χ0n) is 13.1. The number of nitrogens with one attached hydrogen (secondary N) is 2. The number of H-pyrrole nitrogens is 1. The predicted octanol–water partition coefficient (Wildman–Crippen LogP) is 0.958. The van der Waals surface area contributed by atoms with Gasteiger partial charge in [-0.2, -0.15) is 5.21 Å². The van der Waals surface area contributed by atoms with E-state index in [-0.39, 0.29) is 28.5 Å². The van der Waals surface area contributed by atoms with Gasteiger partial charge in [0.15, 0.2) is 11.3 Å². The summed E-state index contributed by atoms with van der Waals surface area (Å²) in [4.78, 5) is 35.2. The van der Waals surface area contributed by atoms with Crippen LogP contribution in [0.25, 0.3) is 22.0 Å². The van der Waals surface area contributed by atoms with Gasteiger partial charge < -0.3 is 8.98 Å². The molecule has 4 aromatic rings. The number of aryl methyl sites for hydroxylation is 1. The van der Waals surface area contributed by atoms with Crippen molar-refractivity contribution in [3.8, 4) is 0 Å². The molecule has 4 rings (SSSR count). The van der Waals surface area contributed by atoms with Crippen LogP contribution in [0.2, 0.25) is 0 Å². The zero-order valence-corrected chi connectivity index (χ0v) is 13.1. The van der Waals surface area contributed by atoms with Crippen molar-refractivity contribution in [1.29, 1.82) is 0 Å². The largest absolute Gasteiger partial charge is 0.448 e. The van der Waals surface area contributed by atoms with Gasteiger partial charge in [0.25, 0.3) is 17.5 Å². The highest BCUT2D eigenvalue weighted by Gasteiger charge is 2.20. The molecule has 0 spiro atoms. The van der Waals surface area contributed by atoms with Gasteiger partial charge in [0.2, 0.25) is 5.43 Å². The van der Waals surface area contributed by atoms with E-state index < -0.39 is 16.3 Å². The van der Waals surface area contributed by atoms with Gasteiger partial charge in [-0.25, -0.2) is 0 Å². The van der Waals surface area contributed by atoms with Gasteiger partial charge in [-0.3, -0.25) is 25.0 Å². The number of nitrogens with zero attached hydrogens (tertiary/aromatic N) is 5. The molecule has 26 heavy (non-hydrogen) atoms. The van der Waals surface area contributed by atoms with Crippen molar-refractivity contribution in [3.63, 3.8) is 0 Å². The second kappa shape index (κ2) is 5.47. The zero-order chi connectivity index (χ0) is 18.4. The predicted molar refractivity (Wildman–Crippen MR) is 87.7 cm³/mol. The minimum atomic E-state index is -0.757. The maximum Gasteiger partial charge on any atom is 0.293 e. The van der Waals surface area contributed by atoms with E-state index >= 15 is 0 Å². The maximum atomic E-state index is 12.5. The number of aromatic amines is 1. The Labute approximate surface area is 142 Å². The summed E-state index contributed by atoms with van der Waals surface area (Å²) < 4.78 is 7.14. The van der Waals surface area contributed by atoms with E-state index in [1.807, 2.05) is 0 Å². The van der Waals surface area contributed by atoms with Crippen LogP contribution in [0.1, 0.15) is 10.6 Å². The summed E-state index contributed by atoms with van der Waals surface area (Å²) >= 11 is 0. The number of hydrogen-bond donors (Lipinski definition) is 2. The average Bonchev–Trinajstić information content (AvgIpc) is 3.21. The van der Waals surface area contributed by atoms with E-state index in [4.69, 9.17) is 4.42 Å². The molecule has 0 saturated carbocycles. The molecule has 1 amide bonds. The molecule has 0 fully saturated rings. The number of carbonyl (C=O) groups is 1. The van der Waals surface area contributed by atoms with Crippen LogP contribution in [-0.4, -0.2) is 36.0 Å². The van der Waals surface area contributed by atoms with Crippen LogP contribution in [0.3, 0.4) is 0 Å². The molecule has 1 aromatic carbocycles. The van der Waals surface area contributed by atoms with Crippen LogP contribution in [0, 0.1) is 10.1 Å². The molecular weight excluding hydrogens is 346 g/mol. The number of tetrazole rings is 1. The number of nitro groups is 1. The smallest absolute Gasteiger partial charge is 0.293 e. The standard InChI is InChI=1S/C14H9N7O5/c1-20-8-3-2-6(21(24)25)4-7(8)12-11(20)9(22)5-10(26-12)13(23)15-14-16-18-19-17-14/h2-5H,1H3,(H2,15,16,17,18,19,23). The Balaban J connectivity index is 1.93. The Bertz CT molecular complexity index is 1240. The van der Waals surface area contributed by atoms with Crippen LogP contribution in [0.5, 0.6) is 0 Å². The van der Waals surface area contributed by atoms with Crippen LogP contribution in [0.15, 0.2) is 33.5 Å². The molecule has 2 N–H and O–H groups in total. The van der Waals surface area contributed by atoms with Gasteiger partial charge in [0, 0.05) is 25.2 Å². The number of benzene rings is 1. The first-order valence-electron chi connectivity index (χ1n) is 7.21. The van der Waals surface area contributed by atoms with Crippen molar-refractivity contribution in [2.45, 2.75) is 0 Å². The lowest BCUT2D eigenvalue weighted by Crippen LogP contribution is -2.16. The molecule has 0 aliphatic carbocycles. The minimum Gasteiger partial charge on any atom is -0.448 e. The van der Waals surface area contributed by atoms with Crippen LogP contribution in [0.4, 0.5) is 11.6 Å². The Morgan fingerprint density at radius 1 is 1.38 bits per heavy atom. The number of non-ortho nitro benzene ring substituents is 1. The van der Waals surface area contributed by atoms with Gasteiger partial charge in [0.1, 0.15) is 5.52 Å². The Morgan fingerprint density at radius 3 is 2.88 bits per heavy atom. The van der Waals surface area contributed by atoms with E-state index in [1.165, 1.54) is 18.2 Å². The summed E-state index contributed by atoms with van der Waals surface area (Å²) in [5, 5.41) is 26.3. The van der Waals surface area contributed by atoms with Crippen LogP contribution < -0.4 is 10.7 Å². The molecular formula is C14H9N7O5. The van der Waals surface area contributed by atoms with Crippen LogP contribution in [-0.2, 0) is 7.05 Å². The number of anilines is 1. The average molecular weight is 355 g/mol. The molecule has 3 heterocycles. The summed E-state index contributed by atoms with van der Waals surface area (Å²) in [6.45, 7) is 0. The lowest BCUT2D eigenvalue weighted by Gasteiger charge is -2.00. The SMILES string of the molecule is Cn1c2ccc([N+](=O)[O-])cc2c2oc(C(=O)Nc3nn[nH]n3)cc(=O)c21. The number of nitro benzene ring substituents is 1. The Morgan fingerprint density at radius 2 is 2.19 bits per heavy atom. The third kappa shape index (κ3) is 2.28. The monoisotopic (exact) mass is 355 g/mol. The molecule has 12 heteroatoms. The molecule has 0 aliphatic heterocycles. The van der Waals surface area contributed by atoms with Gasteiger partial charge >= 0.3 is 0 Å². The second-order valence-electron chi connectivity index (χ2n) is 5.36. The van der Waals surface area contributed by atoms with Gasteiger partial charge in [-0.1, -0.05) is 5.10 Å². The molecule has 0 radical (unpaired) electrons. The van der Waals surface area contributed by atoms with E-state index in [9.17, 15) is 19.7 Å². The molecule has 0 aliphatic rings. The van der Waals surface area contributed by atoms with E-state index in [0.717, 1.165) is 6.07 Å². The molecule has 130 valence electrons. The Hall–Kier alpha value is -4.09. The highest BCUT2D eigenvalue weighted by Crippen LogP contribution is 2.30. The van der Waals surface area contributed by atoms with Crippen molar-refractivity contribution >= 4 is 39.5 Å². The van der Waals surface area contributed by atoms with Crippen molar-refractivity contribution in [2.75, 3.05) is 5.32 Å². The number of aromatic nitrogens is 5. The molecule has 0 bridgehead atoms. The fourth-order valence-corrected chi connectivity index (χ4v) is 2.71. The van der Waals surface area contributed by atoms with Gasteiger partial charge in [-0.05, 0) is 11.3 Å². The molecule has 0 atom stereocenters. The third-order valence-electron chi connectivity index (χ3n) is 3.85. The van der Waals surface area contributed by atoms with E-state index in [2.05, 4.69) is 25.9 Å². The van der Waals surface area contributed by atoms with Crippen molar-refractivity contribution < 1.29 is 14.1 Å². The second-order valence-corrected chi connectivity index (χ2v) is 5.36. The van der Waals surface area contributed by atoms with Gasteiger partial charge in [-0.15, -0.1) is 5.10 Å². The first kappa shape index (κ1) is 15.4. The highest BCUT2D eigenvalue weighted by molar-refractivity contribution is 6.07. The number of fused-ring (bicyclic) bond motifs is 3. The lowest BCUT2D eigenvalue weighted by atomic mass is 10.2. The number of hydrogen-bond acceptors (Lipinski definition) is 8. The third-order valence-corrected chi connectivity index (χ3v) is 3.85. The lowest BCUT2D eigenvalue weighted by molar-refractivity contribution is -0.384. The summed E-state index contributed by atoms with van der Waals surface area (Å²) in [5.74, 6) is -1.13.